The van der Waals surface area contributed by atoms with Crippen LogP contribution in [0.15, 0.2) is 58.7 Å². The number of rotatable bonds is 3. The number of carbonyl (C=O) groups is 1. The van der Waals surface area contributed by atoms with Crippen LogP contribution in [0.25, 0.3) is 11.3 Å². The number of benzene rings is 1. The van der Waals surface area contributed by atoms with E-state index in [-0.39, 0.29) is 6.42 Å². The van der Waals surface area contributed by atoms with Gasteiger partial charge in [0.2, 0.25) is 0 Å². The summed E-state index contributed by atoms with van der Waals surface area (Å²) in [5.74, 6) is -1.79. The van der Waals surface area contributed by atoms with Gasteiger partial charge in [0.05, 0.1) is 24.3 Å². The lowest BCUT2D eigenvalue weighted by Gasteiger charge is -2.12. The second kappa shape index (κ2) is 6.16. The van der Waals surface area contributed by atoms with Crippen LogP contribution in [0.4, 0.5) is 8.78 Å². The van der Waals surface area contributed by atoms with Crippen LogP contribution in [0.3, 0.4) is 0 Å². The minimum atomic E-state index is -0.638. The molecule has 1 aromatic heterocycles. The van der Waals surface area contributed by atoms with Gasteiger partial charge < -0.3 is 9.26 Å². The second-order valence-electron chi connectivity index (χ2n) is 5.09. The number of nitrogens with zero attached hydrogens (tertiary/aromatic N) is 1. The van der Waals surface area contributed by atoms with E-state index < -0.39 is 23.5 Å². The highest BCUT2D eigenvalue weighted by Gasteiger charge is 2.24. The molecule has 0 bridgehead atoms. The molecule has 0 saturated heterocycles. The van der Waals surface area contributed by atoms with E-state index in [1.165, 1.54) is 13.2 Å². The smallest absolute Gasteiger partial charge is 0.337 e. The Bertz CT molecular complexity index is 790. The molecule has 23 heavy (non-hydrogen) atoms. The highest BCUT2D eigenvalue weighted by Crippen LogP contribution is 2.35. The first-order valence-corrected chi connectivity index (χ1v) is 6.96. The van der Waals surface area contributed by atoms with Gasteiger partial charge in [-0.3, -0.25) is 0 Å². The fourth-order valence-corrected chi connectivity index (χ4v) is 2.37. The van der Waals surface area contributed by atoms with Crippen LogP contribution in [-0.4, -0.2) is 18.2 Å². The molecule has 3 rings (SSSR count). The Morgan fingerprint density at radius 3 is 2.70 bits per heavy atom. The number of hydrogen-bond donors (Lipinski definition) is 0. The number of carbonyl (C=O) groups excluding carboxylic acids is 1. The van der Waals surface area contributed by atoms with Gasteiger partial charge in [0.15, 0.2) is 5.76 Å². The van der Waals surface area contributed by atoms with Crippen molar-refractivity contribution in [3.05, 3.63) is 65.4 Å². The highest BCUT2D eigenvalue weighted by atomic mass is 19.1. The van der Waals surface area contributed by atoms with E-state index >= 15 is 0 Å². The summed E-state index contributed by atoms with van der Waals surface area (Å²) < 4.78 is 36.7. The molecule has 0 aliphatic heterocycles. The molecule has 0 fully saturated rings. The third-order valence-corrected chi connectivity index (χ3v) is 3.63. The van der Waals surface area contributed by atoms with E-state index in [0.717, 1.165) is 6.08 Å². The molecular formula is C17H13F2NO3. The Kier molecular flexibility index (Phi) is 4.06. The summed E-state index contributed by atoms with van der Waals surface area (Å²) in [6.07, 6.45) is 2.36. The maximum Gasteiger partial charge on any atom is 0.337 e. The van der Waals surface area contributed by atoms with Crippen molar-refractivity contribution >= 4 is 5.97 Å². The molecule has 1 aliphatic carbocycles. The predicted octanol–water partition coefficient (Wildman–Crippen LogP) is 4.32. The minimum Gasteiger partial charge on any atom is -0.465 e. The molecule has 0 radical (unpaired) electrons. The van der Waals surface area contributed by atoms with E-state index in [9.17, 15) is 13.6 Å². The molecule has 6 heteroatoms. The molecule has 1 heterocycles. The summed E-state index contributed by atoms with van der Waals surface area (Å²) in [7, 11) is 1.31. The molecule has 0 amide bonds. The van der Waals surface area contributed by atoms with Gasteiger partial charge in [-0.1, -0.05) is 17.3 Å². The SMILES string of the molecule is COC(=O)c1ccc(-c2cc(C3CC=C(F)C=C3F)no2)cc1. The van der Waals surface area contributed by atoms with E-state index in [4.69, 9.17) is 4.52 Å². The van der Waals surface area contributed by atoms with E-state index in [2.05, 4.69) is 9.89 Å². The normalized spacial score (nSPS) is 17.4. The Balaban J connectivity index is 1.82. The van der Waals surface area contributed by atoms with Crippen molar-refractivity contribution in [1.29, 1.82) is 0 Å². The molecule has 118 valence electrons. The fourth-order valence-electron chi connectivity index (χ4n) is 2.37. The highest BCUT2D eigenvalue weighted by molar-refractivity contribution is 5.89. The van der Waals surface area contributed by atoms with Crippen molar-refractivity contribution < 1.29 is 22.8 Å². The molecule has 0 spiro atoms. The number of hydrogen-bond acceptors (Lipinski definition) is 4. The predicted molar refractivity (Wildman–Crippen MR) is 79.0 cm³/mol. The fraction of sp³-hybridized carbons (Fsp3) is 0.176. The van der Waals surface area contributed by atoms with Crippen LogP contribution in [0.2, 0.25) is 0 Å². The number of esters is 1. The van der Waals surface area contributed by atoms with Crippen LogP contribution >= 0.6 is 0 Å². The molecule has 1 aromatic carbocycles. The zero-order valence-corrected chi connectivity index (χ0v) is 12.3. The van der Waals surface area contributed by atoms with Crippen LogP contribution < -0.4 is 0 Å². The van der Waals surface area contributed by atoms with Gasteiger partial charge in [0.25, 0.3) is 0 Å². The third-order valence-electron chi connectivity index (χ3n) is 3.63. The van der Waals surface area contributed by atoms with Gasteiger partial charge in [-0.2, -0.15) is 0 Å². The van der Waals surface area contributed by atoms with Crippen LogP contribution in [0.5, 0.6) is 0 Å². The lowest BCUT2D eigenvalue weighted by molar-refractivity contribution is 0.0600. The first-order valence-electron chi connectivity index (χ1n) is 6.96. The van der Waals surface area contributed by atoms with Crippen LogP contribution in [0, 0.1) is 0 Å². The largest absolute Gasteiger partial charge is 0.465 e. The van der Waals surface area contributed by atoms with Crippen molar-refractivity contribution in [3.8, 4) is 11.3 Å². The summed E-state index contributed by atoms with van der Waals surface area (Å²) in [4.78, 5) is 11.4. The van der Waals surface area contributed by atoms with Gasteiger partial charge in [-0.05, 0) is 24.6 Å². The van der Waals surface area contributed by atoms with Crippen molar-refractivity contribution in [1.82, 2.24) is 5.16 Å². The Hall–Kier alpha value is -2.76. The van der Waals surface area contributed by atoms with Crippen molar-refractivity contribution in [2.45, 2.75) is 12.3 Å². The first-order chi connectivity index (χ1) is 11.1. The summed E-state index contributed by atoms with van der Waals surface area (Å²) in [6.45, 7) is 0. The summed E-state index contributed by atoms with van der Waals surface area (Å²) in [5.41, 5.74) is 1.51. The van der Waals surface area contributed by atoms with E-state index in [1.807, 2.05) is 0 Å². The Labute approximate surface area is 131 Å². The lowest BCUT2D eigenvalue weighted by atomic mass is 9.95. The average Bonchev–Trinajstić information content (AvgIpc) is 3.04. The number of ether oxygens (including phenoxy) is 1. The number of allylic oxidation sites excluding steroid dienone is 4. The van der Waals surface area contributed by atoms with Gasteiger partial charge in [0, 0.05) is 17.7 Å². The molecule has 0 N–H and O–H groups in total. The summed E-state index contributed by atoms with van der Waals surface area (Å²) in [5, 5.41) is 3.87. The molecule has 1 atom stereocenters. The third kappa shape index (κ3) is 3.06. The quantitative estimate of drug-likeness (QED) is 0.791. The lowest BCUT2D eigenvalue weighted by Crippen LogP contribution is -2.02. The maximum absolute atomic E-state index is 13.8. The standard InChI is InChI=1S/C17H13F2NO3/c1-22-17(21)11-4-2-10(3-5-11)16-9-15(20-23-16)13-7-6-12(18)8-14(13)19/h2-6,8-9,13H,7H2,1H3. The molecule has 1 aliphatic rings. The monoisotopic (exact) mass is 317 g/mol. The van der Waals surface area contributed by atoms with Crippen molar-refractivity contribution in [3.63, 3.8) is 0 Å². The van der Waals surface area contributed by atoms with Crippen molar-refractivity contribution in [2.75, 3.05) is 7.11 Å². The van der Waals surface area contributed by atoms with Gasteiger partial charge in [-0.25, -0.2) is 13.6 Å². The topological polar surface area (TPSA) is 52.3 Å². The molecule has 4 nitrogen and oxygen atoms in total. The zero-order chi connectivity index (χ0) is 16.4. The average molecular weight is 317 g/mol. The molecule has 1 unspecified atom stereocenters. The second-order valence-corrected chi connectivity index (χ2v) is 5.09. The van der Waals surface area contributed by atoms with Gasteiger partial charge in [0.1, 0.15) is 11.7 Å². The van der Waals surface area contributed by atoms with Crippen molar-refractivity contribution in [2.24, 2.45) is 0 Å². The maximum atomic E-state index is 13.8. The number of methoxy groups -OCH3 is 1. The Morgan fingerprint density at radius 1 is 1.30 bits per heavy atom. The van der Waals surface area contributed by atoms with E-state index in [1.54, 1.807) is 30.3 Å². The molecular weight excluding hydrogens is 304 g/mol. The van der Waals surface area contributed by atoms with E-state index in [0.29, 0.717) is 22.6 Å². The molecule has 2 aromatic rings. The van der Waals surface area contributed by atoms with Gasteiger partial charge in [-0.15, -0.1) is 0 Å². The van der Waals surface area contributed by atoms with Crippen LogP contribution in [0.1, 0.15) is 28.4 Å². The minimum absolute atomic E-state index is 0.196. The van der Waals surface area contributed by atoms with Crippen LogP contribution in [-0.2, 0) is 4.74 Å². The molecule has 0 saturated carbocycles. The summed E-state index contributed by atoms with van der Waals surface area (Å²) >= 11 is 0. The number of aromatic nitrogens is 1. The zero-order valence-electron chi connectivity index (χ0n) is 12.3. The Morgan fingerprint density at radius 2 is 2.04 bits per heavy atom. The first kappa shape index (κ1) is 15.1. The summed E-state index contributed by atoms with van der Waals surface area (Å²) in [6, 6.07) is 8.18. The van der Waals surface area contributed by atoms with Gasteiger partial charge >= 0.3 is 5.97 Å². The number of halogens is 2.